The molecular weight excluding hydrogens is 176 g/mol. The average Bonchev–Trinajstić information content (AvgIpc) is 3.01. The van der Waals surface area contributed by atoms with Crippen molar-refractivity contribution in [3.05, 3.63) is 12.4 Å². The molecule has 0 spiro atoms. The van der Waals surface area contributed by atoms with Gasteiger partial charge >= 0.3 is 0 Å². The molecule has 4 heteroatoms. The molecule has 2 rings (SSSR count). The van der Waals surface area contributed by atoms with Crippen LogP contribution in [0.5, 0.6) is 0 Å². The summed E-state index contributed by atoms with van der Waals surface area (Å²) in [5.74, 6) is 2.49. The van der Waals surface area contributed by atoms with Gasteiger partial charge in [0.1, 0.15) is 11.6 Å². The van der Waals surface area contributed by atoms with E-state index in [1.165, 1.54) is 12.8 Å². The molecule has 1 saturated carbocycles. The van der Waals surface area contributed by atoms with Gasteiger partial charge in [-0.15, -0.1) is 0 Å². The summed E-state index contributed by atoms with van der Waals surface area (Å²) >= 11 is 0. The van der Waals surface area contributed by atoms with E-state index < -0.39 is 0 Å². The van der Waals surface area contributed by atoms with Crippen molar-refractivity contribution in [2.45, 2.75) is 25.8 Å². The first kappa shape index (κ1) is 9.24. The Morgan fingerprint density at radius 1 is 1.36 bits per heavy atom. The normalized spacial score (nSPS) is 17.6. The number of rotatable bonds is 4. The second-order valence-electron chi connectivity index (χ2n) is 3.81. The molecule has 1 unspecified atom stereocenters. The van der Waals surface area contributed by atoms with Gasteiger partial charge in [0, 0.05) is 13.1 Å². The minimum Gasteiger partial charge on any atom is -0.372 e. The quantitative estimate of drug-likeness (QED) is 0.762. The third-order valence-electron chi connectivity index (χ3n) is 2.60. The van der Waals surface area contributed by atoms with Crippen molar-refractivity contribution in [3.63, 3.8) is 0 Å². The van der Waals surface area contributed by atoms with Crippen LogP contribution in [0.1, 0.15) is 19.8 Å². The van der Waals surface area contributed by atoms with Crippen molar-refractivity contribution in [3.8, 4) is 0 Å². The molecule has 1 aliphatic carbocycles. The summed E-state index contributed by atoms with van der Waals surface area (Å²) in [5.41, 5.74) is 0. The monoisotopic (exact) mass is 192 g/mol. The SMILES string of the molecule is CNc1cncc(NC(C)C2CC2)n1. The van der Waals surface area contributed by atoms with Crippen LogP contribution in [0.2, 0.25) is 0 Å². The van der Waals surface area contributed by atoms with Gasteiger partial charge in [-0.1, -0.05) is 0 Å². The maximum Gasteiger partial charge on any atom is 0.147 e. The van der Waals surface area contributed by atoms with Crippen molar-refractivity contribution in [1.82, 2.24) is 9.97 Å². The summed E-state index contributed by atoms with van der Waals surface area (Å²) in [6, 6.07) is 0.511. The first-order chi connectivity index (χ1) is 6.79. The Bertz CT molecular complexity index is 309. The third kappa shape index (κ3) is 2.13. The van der Waals surface area contributed by atoms with Crippen molar-refractivity contribution in [1.29, 1.82) is 0 Å². The molecule has 0 saturated heterocycles. The van der Waals surface area contributed by atoms with Crippen molar-refractivity contribution in [2.24, 2.45) is 5.92 Å². The van der Waals surface area contributed by atoms with Gasteiger partial charge in [0.05, 0.1) is 12.4 Å². The average molecular weight is 192 g/mol. The predicted molar refractivity (Wildman–Crippen MR) is 57.4 cm³/mol. The highest BCUT2D eigenvalue weighted by atomic mass is 15.1. The summed E-state index contributed by atoms with van der Waals surface area (Å²) in [7, 11) is 1.85. The largest absolute Gasteiger partial charge is 0.372 e. The minimum atomic E-state index is 0.511. The molecule has 1 fully saturated rings. The van der Waals surface area contributed by atoms with Gasteiger partial charge in [-0.25, -0.2) is 4.98 Å². The Hall–Kier alpha value is -1.32. The molecule has 4 nitrogen and oxygen atoms in total. The summed E-state index contributed by atoms with van der Waals surface area (Å²) in [6.45, 7) is 2.20. The number of hydrogen-bond acceptors (Lipinski definition) is 4. The fourth-order valence-electron chi connectivity index (χ4n) is 1.50. The molecule has 1 aliphatic rings. The molecule has 14 heavy (non-hydrogen) atoms. The van der Waals surface area contributed by atoms with Crippen LogP contribution < -0.4 is 10.6 Å². The van der Waals surface area contributed by atoms with Crippen LogP contribution >= 0.6 is 0 Å². The Labute approximate surface area is 84.2 Å². The lowest BCUT2D eigenvalue weighted by atomic mass is 10.2. The van der Waals surface area contributed by atoms with Crippen LogP contribution in [0.25, 0.3) is 0 Å². The summed E-state index contributed by atoms with van der Waals surface area (Å²) in [5, 5.41) is 6.34. The van der Waals surface area contributed by atoms with Crippen LogP contribution in [0.15, 0.2) is 12.4 Å². The fraction of sp³-hybridized carbons (Fsp3) is 0.600. The molecule has 2 N–H and O–H groups in total. The molecule has 0 aliphatic heterocycles. The highest BCUT2D eigenvalue weighted by molar-refractivity contribution is 5.41. The van der Waals surface area contributed by atoms with Gasteiger partial charge < -0.3 is 10.6 Å². The van der Waals surface area contributed by atoms with E-state index in [2.05, 4.69) is 27.5 Å². The molecule has 0 radical (unpaired) electrons. The number of aromatic nitrogens is 2. The highest BCUT2D eigenvalue weighted by Crippen LogP contribution is 2.33. The predicted octanol–water partition coefficient (Wildman–Crippen LogP) is 1.73. The molecule has 1 aromatic rings. The number of nitrogens with zero attached hydrogens (tertiary/aromatic N) is 2. The van der Waals surface area contributed by atoms with E-state index in [9.17, 15) is 0 Å². The lowest BCUT2D eigenvalue weighted by Crippen LogP contribution is -2.18. The van der Waals surface area contributed by atoms with Crippen LogP contribution in [-0.4, -0.2) is 23.1 Å². The smallest absolute Gasteiger partial charge is 0.147 e. The van der Waals surface area contributed by atoms with E-state index in [-0.39, 0.29) is 0 Å². The maximum absolute atomic E-state index is 4.36. The Kier molecular flexibility index (Phi) is 2.52. The van der Waals surface area contributed by atoms with Gasteiger partial charge in [-0.3, -0.25) is 4.98 Å². The molecule has 1 atom stereocenters. The Morgan fingerprint density at radius 3 is 2.71 bits per heavy atom. The van der Waals surface area contributed by atoms with E-state index in [4.69, 9.17) is 0 Å². The van der Waals surface area contributed by atoms with Gasteiger partial charge in [0.25, 0.3) is 0 Å². The van der Waals surface area contributed by atoms with E-state index in [1.807, 2.05) is 7.05 Å². The minimum absolute atomic E-state index is 0.511. The summed E-state index contributed by atoms with van der Waals surface area (Å²) < 4.78 is 0. The van der Waals surface area contributed by atoms with E-state index in [0.717, 1.165) is 17.6 Å². The molecule has 0 aromatic carbocycles. The summed E-state index contributed by atoms with van der Waals surface area (Å²) in [6.07, 6.45) is 6.16. The van der Waals surface area contributed by atoms with Gasteiger partial charge in [-0.2, -0.15) is 0 Å². The molecule has 0 bridgehead atoms. The maximum atomic E-state index is 4.36. The Morgan fingerprint density at radius 2 is 2.07 bits per heavy atom. The van der Waals surface area contributed by atoms with Crippen LogP contribution in [0, 0.1) is 5.92 Å². The summed E-state index contributed by atoms with van der Waals surface area (Å²) in [4.78, 5) is 8.46. The van der Waals surface area contributed by atoms with Crippen LogP contribution in [-0.2, 0) is 0 Å². The van der Waals surface area contributed by atoms with Gasteiger partial charge in [0.15, 0.2) is 0 Å². The first-order valence-electron chi connectivity index (χ1n) is 5.06. The standard InChI is InChI=1S/C10H16N4/c1-7(8-3-4-8)13-10-6-12-5-9(11-2)14-10/h5-8H,3-4H2,1-2H3,(H2,11,13,14). The molecule has 76 valence electrons. The third-order valence-corrected chi connectivity index (χ3v) is 2.60. The molecule has 0 amide bonds. The number of anilines is 2. The van der Waals surface area contributed by atoms with E-state index in [1.54, 1.807) is 12.4 Å². The van der Waals surface area contributed by atoms with Gasteiger partial charge in [0.2, 0.25) is 0 Å². The first-order valence-corrected chi connectivity index (χ1v) is 5.06. The molecule has 1 aromatic heterocycles. The van der Waals surface area contributed by atoms with E-state index in [0.29, 0.717) is 6.04 Å². The highest BCUT2D eigenvalue weighted by Gasteiger charge is 2.27. The van der Waals surface area contributed by atoms with Crippen molar-refractivity contribution in [2.75, 3.05) is 17.7 Å². The topological polar surface area (TPSA) is 49.8 Å². The van der Waals surface area contributed by atoms with E-state index >= 15 is 0 Å². The van der Waals surface area contributed by atoms with Crippen molar-refractivity contribution < 1.29 is 0 Å². The number of nitrogens with one attached hydrogen (secondary N) is 2. The van der Waals surface area contributed by atoms with Crippen molar-refractivity contribution >= 4 is 11.6 Å². The zero-order valence-electron chi connectivity index (χ0n) is 8.62. The molecular formula is C10H16N4. The lowest BCUT2D eigenvalue weighted by molar-refractivity contribution is 0.690. The Balaban J connectivity index is 2.00. The van der Waals surface area contributed by atoms with Crippen LogP contribution in [0.4, 0.5) is 11.6 Å². The second kappa shape index (κ2) is 3.82. The zero-order valence-corrected chi connectivity index (χ0v) is 8.62. The van der Waals surface area contributed by atoms with Gasteiger partial charge in [-0.05, 0) is 25.7 Å². The zero-order chi connectivity index (χ0) is 9.97. The van der Waals surface area contributed by atoms with Crippen LogP contribution in [0.3, 0.4) is 0 Å². The molecule has 1 heterocycles. The number of hydrogen-bond donors (Lipinski definition) is 2. The second-order valence-corrected chi connectivity index (χ2v) is 3.81. The fourth-order valence-corrected chi connectivity index (χ4v) is 1.50. The lowest BCUT2D eigenvalue weighted by Gasteiger charge is -2.13.